The topological polar surface area (TPSA) is 25.2 Å². The van der Waals surface area contributed by atoms with Crippen molar-refractivity contribution in [2.75, 3.05) is 6.54 Å². The second kappa shape index (κ2) is 6.37. The van der Waals surface area contributed by atoms with E-state index in [9.17, 15) is 0 Å². The summed E-state index contributed by atoms with van der Waals surface area (Å²) in [5.74, 6) is 0.897. The SMILES string of the molecule is CCNC(c1cc(Br)cc(Br)c1)c1ccc(Br)o1. The molecule has 1 unspecified atom stereocenters. The Labute approximate surface area is 132 Å². The van der Waals surface area contributed by atoms with Crippen LogP contribution in [0.15, 0.2) is 48.4 Å². The Morgan fingerprint density at radius 3 is 2.28 bits per heavy atom. The fourth-order valence-corrected chi connectivity index (χ4v) is 3.46. The zero-order valence-corrected chi connectivity index (χ0v) is 14.5. The van der Waals surface area contributed by atoms with Gasteiger partial charge in [0.15, 0.2) is 4.67 Å². The van der Waals surface area contributed by atoms with Gasteiger partial charge < -0.3 is 9.73 Å². The third-order valence-corrected chi connectivity index (χ3v) is 3.85. The van der Waals surface area contributed by atoms with Gasteiger partial charge in [-0.3, -0.25) is 0 Å². The molecule has 0 aliphatic heterocycles. The molecular weight excluding hydrogens is 426 g/mol. The molecule has 1 aromatic heterocycles. The molecule has 18 heavy (non-hydrogen) atoms. The summed E-state index contributed by atoms with van der Waals surface area (Å²) >= 11 is 10.4. The molecule has 0 spiro atoms. The molecule has 1 atom stereocenters. The van der Waals surface area contributed by atoms with E-state index in [0.717, 1.165) is 31.5 Å². The summed E-state index contributed by atoms with van der Waals surface area (Å²) in [6.07, 6.45) is 0. The minimum absolute atomic E-state index is 0.0510. The molecule has 0 aliphatic rings. The summed E-state index contributed by atoms with van der Waals surface area (Å²) in [4.78, 5) is 0. The molecule has 5 heteroatoms. The molecule has 2 rings (SSSR count). The number of furan rings is 1. The normalized spacial score (nSPS) is 12.7. The van der Waals surface area contributed by atoms with Crippen molar-refractivity contribution in [3.8, 4) is 0 Å². The first-order valence-corrected chi connectivity index (χ1v) is 7.92. The monoisotopic (exact) mass is 435 g/mol. The van der Waals surface area contributed by atoms with Gasteiger partial charge in [-0.15, -0.1) is 0 Å². The van der Waals surface area contributed by atoms with Crippen molar-refractivity contribution in [3.05, 3.63) is 55.3 Å². The second-order valence-corrected chi connectivity index (χ2v) is 6.45. The average molecular weight is 438 g/mol. The highest BCUT2D eigenvalue weighted by atomic mass is 79.9. The lowest BCUT2D eigenvalue weighted by Crippen LogP contribution is -2.21. The Morgan fingerprint density at radius 1 is 1.11 bits per heavy atom. The van der Waals surface area contributed by atoms with E-state index >= 15 is 0 Å². The Balaban J connectivity index is 2.40. The van der Waals surface area contributed by atoms with Gasteiger partial charge in [0, 0.05) is 8.95 Å². The molecule has 0 fully saturated rings. The van der Waals surface area contributed by atoms with Crippen molar-refractivity contribution in [2.24, 2.45) is 0 Å². The predicted molar refractivity (Wildman–Crippen MR) is 83.8 cm³/mol. The third kappa shape index (κ3) is 3.47. The lowest BCUT2D eigenvalue weighted by Gasteiger charge is -2.16. The lowest BCUT2D eigenvalue weighted by atomic mass is 10.0. The standard InChI is InChI=1S/C13H12Br3NO/c1-2-17-13(11-3-4-12(16)18-11)8-5-9(14)7-10(15)6-8/h3-7,13,17H,2H2,1H3. The van der Waals surface area contributed by atoms with Crippen LogP contribution in [0.1, 0.15) is 24.3 Å². The van der Waals surface area contributed by atoms with E-state index in [-0.39, 0.29) is 6.04 Å². The van der Waals surface area contributed by atoms with Crippen molar-refractivity contribution in [1.82, 2.24) is 5.32 Å². The maximum absolute atomic E-state index is 5.66. The number of nitrogens with one attached hydrogen (secondary N) is 1. The van der Waals surface area contributed by atoms with Crippen LogP contribution >= 0.6 is 47.8 Å². The number of benzene rings is 1. The van der Waals surface area contributed by atoms with Crippen molar-refractivity contribution in [3.63, 3.8) is 0 Å². The molecule has 1 N–H and O–H groups in total. The van der Waals surface area contributed by atoms with E-state index in [1.807, 2.05) is 18.2 Å². The van der Waals surface area contributed by atoms with E-state index < -0.39 is 0 Å². The van der Waals surface area contributed by atoms with Gasteiger partial charge in [-0.25, -0.2) is 0 Å². The molecule has 0 saturated carbocycles. The van der Waals surface area contributed by atoms with Gasteiger partial charge in [0.2, 0.25) is 0 Å². The van der Waals surface area contributed by atoms with E-state index in [1.54, 1.807) is 0 Å². The van der Waals surface area contributed by atoms with Crippen molar-refractivity contribution >= 4 is 47.8 Å². The summed E-state index contributed by atoms with van der Waals surface area (Å²) in [6, 6.07) is 10.1. The van der Waals surface area contributed by atoms with Crippen molar-refractivity contribution in [1.29, 1.82) is 0 Å². The highest BCUT2D eigenvalue weighted by Crippen LogP contribution is 2.30. The quantitative estimate of drug-likeness (QED) is 0.705. The molecule has 2 nitrogen and oxygen atoms in total. The summed E-state index contributed by atoms with van der Waals surface area (Å²) in [7, 11) is 0. The Kier molecular flexibility index (Phi) is 5.06. The van der Waals surface area contributed by atoms with E-state index in [1.165, 1.54) is 0 Å². The molecule has 1 aromatic carbocycles. The minimum atomic E-state index is 0.0510. The maximum Gasteiger partial charge on any atom is 0.169 e. The highest BCUT2D eigenvalue weighted by molar-refractivity contribution is 9.11. The van der Waals surface area contributed by atoms with E-state index in [4.69, 9.17) is 4.42 Å². The minimum Gasteiger partial charge on any atom is -0.452 e. The number of hydrogen-bond acceptors (Lipinski definition) is 2. The zero-order chi connectivity index (χ0) is 13.1. The van der Waals surface area contributed by atoms with Crippen LogP contribution in [0, 0.1) is 0 Å². The Morgan fingerprint density at radius 2 is 1.78 bits per heavy atom. The van der Waals surface area contributed by atoms with Gasteiger partial charge in [-0.2, -0.15) is 0 Å². The Hall–Kier alpha value is -0.100. The number of hydrogen-bond donors (Lipinski definition) is 1. The summed E-state index contributed by atoms with van der Waals surface area (Å²) < 4.78 is 8.48. The molecule has 0 bridgehead atoms. The maximum atomic E-state index is 5.66. The lowest BCUT2D eigenvalue weighted by molar-refractivity contribution is 0.437. The molecule has 1 heterocycles. The van der Waals surface area contributed by atoms with Crippen LogP contribution < -0.4 is 5.32 Å². The van der Waals surface area contributed by atoms with Crippen LogP contribution in [-0.4, -0.2) is 6.54 Å². The molecule has 0 radical (unpaired) electrons. The van der Waals surface area contributed by atoms with Crippen molar-refractivity contribution in [2.45, 2.75) is 13.0 Å². The summed E-state index contributed by atoms with van der Waals surface area (Å²) in [5, 5.41) is 3.43. The third-order valence-electron chi connectivity index (χ3n) is 2.50. The molecule has 96 valence electrons. The average Bonchev–Trinajstić information content (AvgIpc) is 2.71. The molecule has 0 aliphatic carbocycles. The largest absolute Gasteiger partial charge is 0.452 e. The fourth-order valence-electron chi connectivity index (χ4n) is 1.81. The van der Waals surface area contributed by atoms with Gasteiger partial charge in [0.05, 0.1) is 6.04 Å². The number of rotatable bonds is 4. The molecular formula is C13H12Br3NO. The first-order chi connectivity index (χ1) is 8.60. The zero-order valence-electron chi connectivity index (χ0n) is 9.71. The van der Waals surface area contributed by atoms with Gasteiger partial charge >= 0.3 is 0 Å². The van der Waals surface area contributed by atoms with Crippen LogP contribution in [0.5, 0.6) is 0 Å². The fraction of sp³-hybridized carbons (Fsp3) is 0.231. The second-order valence-electron chi connectivity index (χ2n) is 3.84. The smallest absolute Gasteiger partial charge is 0.169 e. The summed E-state index contributed by atoms with van der Waals surface area (Å²) in [6.45, 7) is 2.95. The molecule has 2 aromatic rings. The van der Waals surface area contributed by atoms with Crippen LogP contribution in [0.4, 0.5) is 0 Å². The van der Waals surface area contributed by atoms with Crippen LogP contribution in [0.2, 0.25) is 0 Å². The van der Waals surface area contributed by atoms with Crippen LogP contribution in [0.25, 0.3) is 0 Å². The van der Waals surface area contributed by atoms with Gasteiger partial charge in [-0.05, 0) is 58.4 Å². The number of halogens is 3. The highest BCUT2D eigenvalue weighted by Gasteiger charge is 2.17. The van der Waals surface area contributed by atoms with Crippen molar-refractivity contribution < 1.29 is 4.42 Å². The van der Waals surface area contributed by atoms with Gasteiger partial charge in [0.1, 0.15) is 5.76 Å². The first kappa shape index (κ1) is 14.3. The summed E-state index contributed by atoms with van der Waals surface area (Å²) in [5.41, 5.74) is 1.15. The van der Waals surface area contributed by atoms with E-state index in [0.29, 0.717) is 0 Å². The first-order valence-electron chi connectivity index (χ1n) is 5.54. The molecule has 0 amide bonds. The predicted octanol–water partition coefficient (Wildman–Crippen LogP) is 5.27. The Bertz CT molecular complexity index is 519. The van der Waals surface area contributed by atoms with E-state index in [2.05, 4.69) is 72.2 Å². The van der Waals surface area contributed by atoms with Crippen LogP contribution in [-0.2, 0) is 0 Å². The van der Waals surface area contributed by atoms with Gasteiger partial charge in [-0.1, -0.05) is 38.8 Å². The van der Waals surface area contributed by atoms with Gasteiger partial charge in [0.25, 0.3) is 0 Å². The van der Waals surface area contributed by atoms with Crippen LogP contribution in [0.3, 0.4) is 0 Å². The molecule has 0 saturated heterocycles.